The monoisotopic (exact) mass is 450 g/mol. The highest BCUT2D eigenvalue weighted by molar-refractivity contribution is 5.88. The summed E-state index contributed by atoms with van der Waals surface area (Å²) in [6, 6.07) is 15.4. The second-order valence-electron chi connectivity index (χ2n) is 8.79. The van der Waals surface area contributed by atoms with Gasteiger partial charge in [-0.2, -0.15) is 0 Å². The van der Waals surface area contributed by atoms with Gasteiger partial charge in [0.05, 0.1) is 0 Å². The molecule has 4 rings (SSSR count). The van der Waals surface area contributed by atoms with Crippen molar-refractivity contribution in [3.63, 3.8) is 0 Å². The number of alkyl carbamates (subject to hydrolysis) is 1. The predicted molar refractivity (Wildman–Crippen MR) is 124 cm³/mol. The molecule has 0 bridgehead atoms. The Morgan fingerprint density at radius 2 is 1.67 bits per heavy atom. The van der Waals surface area contributed by atoms with E-state index in [9.17, 15) is 19.5 Å². The van der Waals surface area contributed by atoms with Gasteiger partial charge in [-0.3, -0.25) is 9.59 Å². The third kappa shape index (κ3) is 4.87. The Morgan fingerprint density at radius 1 is 1.06 bits per heavy atom. The van der Waals surface area contributed by atoms with Crippen LogP contribution in [0.15, 0.2) is 48.5 Å². The van der Waals surface area contributed by atoms with Crippen LogP contribution in [-0.2, 0) is 14.3 Å². The van der Waals surface area contributed by atoms with Crippen LogP contribution in [0.1, 0.15) is 49.7 Å². The molecule has 174 valence electrons. The molecule has 7 heteroatoms. The molecule has 2 aromatic rings. The molecule has 1 fully saturated rings. The molecule has 7 nitrogen and oxygen atoms in total. The zero-order valence-corrected chi connectivity index (χ0v) is 18.8. The van der Waals surface area contributed by atoms with Crippen LogP contribution < -0.4 is 5.32 Å². The lowest BCUT2D eigenvalue weighted by Gasteiger charge is -2.36. The number of hydrogen-bond acceptors (Lipinski definition) is 4. The Hall–Kier alpha value is -3.35. The number of benzene rings is 2. The van der Waals surface area contributed by atoms with E-state index in [1.165, 1.54) is 4.90 Å². The summed E-state index contributed by atoms with van der Waals surface area (Å²) < 4.78 is 5.62. The zero-order chi connectivity index (χ0) is 23.4. The fourth-order valence-electron chi connectivity index (χ4n) is 4.82. The molecule has 2 N–H and O–H groups in total. The fraction of sp³-hybridized carbons (Fsp3) is 0.423. The zero-order valence-electron chi connectivity index (χ0n) is 18.8. The van der Waals surface area contributed by atoms with Gasteiger partial charge in [0, 0.05) is 12.5 Å². The summed E-state index contributed by atoms with van der Waals surface area (Å²) in [6.45, 7) is 2.02. The number of hydrogen-bond donors (Lipinski definition) is 2. The van der Waals surface area contributed by atoms with Crippen molar-refractivity contribution in [2.24, 2.45) is 5.92 Å². The first-order chi connectivity index (χ1) is 16.0. The van der Waals surface area contributed by atoms with Gasteiger partial charge in [0.25, 0.3) is 0 Å². The number of carboxylic acids is 1. The highest BCUT2D eigenvalue weighted by atomic mass is 16.5. The van der Waals surface area contributed by atoms with Gasteiger partial charge in [-0.05, 0) is 47.4 Å². The standard InChI is InChI=1S/C26H30N2O5/c1-2-14-28(15-23(29)30)25(31)24(17-8-7-9-17)27-26(32)33-16-22-20-12-5-3-10-18(20)19-11-4-6-13-21(19)22/h3-6,10-13,17,22,24H,2,7-9,14-16H2,1H3,(H,27,32)(H,29,30). The SMILES string of the molecule is CCCN(CC(=O)O)C(=O)C(NC(=O)OCC1c2ccccc2-c2ccccc21)C1CCC1. The van der Waals surface area contributed by atoms with E-state index in [0.29, 0.717) is 13.0 Å². The molecule has 0 spiro atoms. The summed E-state index contributed by atoms with van der Waals surface area (Å²) in [4.78, 5) is 38.4. The molecule has 0 heterocycles. The van der Waals surface area contributed by atoms with Crippen molar-refractivity contribution in [1.82, 2.24) is 10.2 Å². The summed E-state index contributed by atoms with van der Waals surface area (Å²) in [5, 5.41) is 12.0. The van der Waals surface area contributed by atoms with E-state index in [2.05, 4.69) is 29.6 Å². The molecule has 2 amide bonds. The maximum Gasteiger partial charge on any atom is 0.407 e. The summed E-state index contributed by atoms with van der Waals surface area (Å²) in [7, 11) is 0. The lowest BCUT2D eigenvalue weighted by molar-refractivity contribution is -0.146. The number of amides is 2. The molecule has 0 aromatic heterocycles. The highest BCUT2D eigenvalue weighted by Gasteiger charge is 2.37. The molecule has 2 aromatic carbocycles. The van der Waals surface area contributed by atoms with Crippen molar-refractivity contribution in [2.75, 3.05) is 19.7 Å². The van der Waals surface area contributed by atoms with E-state index in [4.69, 9.17) is 4.74 Å². The Morgan fingerprint density at radius 3 is 2.18 bits per heavy atom. The molecule has 1 saturated carbocycles. The summed E-state index contributed by atoms with van der Waals surface area (Å²) >= 11 is 0. The lowest BCUT2D eigenvalue weighted by Crippen LogP contribution is -2.55. The van der Waals surface area contributed by atoms with E-state index in [-0.39, 0.29) is 30.9 Å². The number of carbonyl (C=O) groups excluding carboxylic acids is 2. The summed E-state index contributed by atoms with van der Waals surface area (Å²) in [5.74, 6) is -1.47. The number of nitrogens with zero attached hydrogens (tertiary/aromatic N) is 1. The quantitative estimate of drug-likeness (QED) is 0.602. The largest absolute Gasteiger partial charge is 0.480 e. The minimum atomic E-state index is -1.06. The van der Waals surface area contributed by atoms with Crippen molar-refractivity contribution in [3.05, 3.63) is 59.7 Å². The Labute approximate surface area is 193 Å². The van der Waals surface area contributed by atoms with Gasteiger partial charge in [-0.1, -0.05) is 61.9 Å². The van der Waals surface area contributed by atoms with Gasteiger partial charge in [-0.15, -0.1) is 0 Å². The van der Waals surface area contributed by atoms with E-state index < -0.39 is 18.1 Å². The second kappa shape index (κ2) is 10.1. The number of aliphatic carboxylic acids is 1. The molecule has 1 unspecified atom stereocenters. The molecular weight excluding hydrogens is 420 g/mol. The average Bonchev–Trinajstić information content (AvgIpc) is 3.09. The van der Waals surface area contributed by atoms with Crippen LogP contribution in [0.4, 0.5) is 4.79 Å². The van der Waals surface area contributed by atoms with Crippen LogP contribution in [0, 0.1) is 5.92 Å². The van der Waals surface area contributed by atoms with E-state index in [1.54, 1.807) is 0 Å². The number of carboxylic acid groups (broad SMARTS) is 1. The van der Waals surface area contributed by atoms with Crippen molar-refractivity contribution in [3.8, 4) is 11.1 Å². The van der Waals surface area contributed by atoms with Crippen LogP contribution in [-0.4, -0.2) is 53.7 Å². The number of fused-ring (bicyclic) bond motifs is 3. The minimum absolute atomic E-state index is 0.00568. The normalized spacial score (nSPS) is 15.7. The van der Waals surface area contributed by atoms with E-state index in [0.717, 1.165) is 41.5 Å². The maximum atomic E-state index is 13.1. The van der Waals surface area contributed by atoms with E-state index in [1.807, 2.05) is 31.2 Å². The lowest BCUT2D eigenvalue weighted by atomic mass is 9.79. The fourth-order valence-corrected chi connectivity index (χ4v) is 4.82. The molecule has 2 aliphatic carbocycles. The Balaban J connectivity index is 1.44. The smallest absolute Gasteiger partial charge is 0.407 e. The third-order valence-electron chi connectivity index (χ3n) is 6.64. The molecule has 33 heavy (non-hydrogen) atoms. The van der Waals surface area contributed by atoms with Gasteiger partial charge >= 0.3 is 12.1 Å². The first-order valence-corrected chi connectivity index (χ1v) is 11.6. The van der Waals surface area contributed by atoms with Gasteiger partial charge in [0.15, 0.2) is 0 Å². The van der Waals surface area contributed by atoms with Gasteiger partial charge in [-0.25, -0.2) is 4.79 Å². The Bertz CT molecular complexity index is 987. The Kier molecular flexibility index (Phi) is 6.96. The number of carbonyl (C=O) groups is 3. The van der Waals surface area contributed by atoms with E-state index >= 15 is 0 Å². The maximum absolute atomic E-state index is 13.1. The van der Waals surface area contributed by atoms with Crippen LogP contribution in [0.3, 0.4) is 0 Å². The summed E-state index contributed by atoms with van der Waals surface area (Å²) in [6.07, 6.45) is 2.64. The van der Waals surface area contributed by atoms with Gasteiger partial charge < -0.3 is 20.1 Å². The van der Waals surface area contributed by atoms with Crippen molar-refractivity contribution in [2.45, 2.75) is 44.6 Å². The van der Waals surface area contributed by atoms with Crippen LogP contribution in [0.5, 0.6) is 0 Å². The molecule has 0 aliphatic heterocycles. The predicted octanol–water partition coefficient (Wildman–Crippen LogP) is 4.02. The first-order valence-electron chi connectivity index (χ1n) is 11.6. The number of nitrogens with one attached hydrogen (secondary N) is 1. The van der Waals surface area contributed by atoms with Crippen molar-refractivity contribution < 1.29 is 24.2 Å². The number of ether oxygens (including phenoxy) is 1. The summed E-state index contributed by atoms with van der Waals surface area (Å²) in [5.41, 5.74) is 4.53. The number of rotatable bonds is 9. The van der Waals surface area contributed by atoms with Crippen LogP contribution in [0.2, 0.25) is 0 Å². The molecule has 0 saturated heterocycles. The highest BCUT2D eigenvalue weighted by Crippen LogP contribution is 2.44. The average molecular weight is 451 g/mol. The topological polar surface area (TPSA) is 95.9 Å². The van der Waals surface area contributed by atoms with Crippen molar-refractivity contribution >= 4 is 18.0 Å². The van der Waals surface area contributed by atoms with Gasteiger partial charge in [0.2, 0.25) is 5.91 Å². The third-order valence-corrected chi connectivity index (χ3v) is 6.64. The second-order valence-corrected chi connectivity index (χ2v) is 8.79. The van der Waals surface area contributed by atoms with Crippen molar-refractivity contribution in [1.29, 1.82) is 0 Å². The molecule has 1 atom stereocenters. The minimum Gasteiger partial charge on any atom is -0.480 e. The molecular formula is C26H30N2O5. The molecule has 0 radical (unpaired) electrons. The van der Waals surface area contributed by atoms with Gasteiger partial charge in [0.1, 0.15) is 19.2 Å². The van der Waals surface area contributed by atoms with Crippen LogP contribution in [0.25, 0.3) is 11.1 Å². The molecule has 2 aliphatic rings. The first kappa shape index (κ1) is 22.8. The van der Waals surface area contributed by atoms with Crippen LogP contribution >= 0.6 is 0 Å².